The zero-order valence-electron chi connectivity index (χ0n) is 7.69. The molecule has 0 aliphatic heterocycles. The zero-order valence-corrected chi connectivity index (χ0v) is 9.27. The third kappa shape index (κ3) is 2.08. The van der Waals surface area contributed by atoms with Crippen molar-refractivity contribution in [3.05, 3.63) is 33.8 Å². The fraction of sp³-hybridized carbons (Fsp3) is 0.400. The molecule has 1 atom stereocenters. The van der Waals surface area contributed by atoms with Crippen LogP contribution >= 0.6 is 15.9 Å². The summed E-state index contributed by atoms with van der Waals surface area (Å²) in [6.45, 7) is 4.30. The van der Waals surface area contributed by atoms with E-state index in [1.165, 1.54) is 11.1 Å². The lowest BCUT2D eigenvalue weighted by molar-refractivity contribution is 0.648. The highest BCUT2D eigenvalue weighted by Crippen LogP contribution is 2.21. The highest BCUT2D eigenvalue weighted by molar-refractivity contribution is 9.10. The van der Waals surface area contributed by atoms with Crippen molar-refractivity contribution in [1.29, 1.82) is 0 Å². The maximum atomic E-state index is 3.47. The smallest absolute Gasteiger partial charge is 0.0292 e. The van der Waals surface area contributed by atoms with E-state index in [2.05, 4.69) is 53.3 Å². The van der Waals surface area contributed by atoms with Gasteiger partial charge in [0.05, 0.1) is 0 Å². The van der Waals surface area contributed by atoms with Gasteiger partial charge >= 0.3 is 0 Å². The zero-order chi connectivity index (χ0) is 9.14. The van der Waals surface area contributed by atoms with E-state index in [4.69, 9.17) is 0 Å². The van der Waals surface area contributed by atoms with Crippen LogP contribution in [0.15, 0.2) is 22.7 Å². The monoisotopic (exact) mass is 227 g/mol. The lowest BCUT2D eigenvalue weighted by Crippen LogP contribution is -2.13. The Balaban J connectivity index is 3.04. The van der Waals surface area contributed by atoms with Gasteiger partial charge in [-0.25, -0.2) is 0 Å². The van der Waals surface area contributed by atoms with Crippen LogP contribution in [0, 0.1) is 6.92 Å². The highest BCUT2D eigenvalue weighted by Gasteiger charge is 2.05. The summed E-state index contributed by atoms with van der Waals surface area (Å²) in [7, 11) is 1.98. The number of aryl methyl sites for hydroxylation is 1. The highest BCUT2D eigenvalue weighted by atomic mass is 79.9. The van der Waals surface area contributed by atoms with E-state index < -0.39 is 0 Å². The van der Waals surface area contributed by atoms with Gasteiger partial charge in [-0.3, -0.25) is 0 Å². The largest absolute Gasteiger partial charge is 0.313 e. The molecule has 0 bridgehead atoms. The molecule has 0 heterocycles. The Morgan fingerprint density at radius 1 is 1.42 bits per heavy atom. The summed E-state index contributed by atoms with van der Waals surface area (Å²) < 4.78 is 1.14. The molecule has 0 aliphatic carbocycles. The lowest BCUT2D eigenvalue weighted by atomic mass is 10.0. The first-order valence-electron chi connectivity index (χ1n) is 4.08. The van der Waals surface area contributed by atoms with Crippen LogP contribution in [0.5, 0.6) is 0 Å². The molecule has 1 aromatic rings. The topological polar surface area (TPSA) is 12.0 Å². The van der Waals surface area contributed by atoms with Crippen LogP contribution in [0.2, 0.25) is 0 Å². The minimum absolute atomic E-state index is 0.419. The molecule has 66 valence electrons. The van der Waals surface area contributed by atoms with E-state index in [9.17, 15) is 0 Å². The van der Waals surface area contributed by atoms with Gasteiger partial charge in [0.25, 0.3) is 0 Å². The average Bonchev–Trinajstić information content (AvgIpc) is 2.08. The molecule has 0 unspecified atom stereocenters. The second-order valence-corrected chi connectivity index (χ2v) is 3.93. The molecule has 12 heavy (non-hydrogen) atoms. The molecule has 0 spiro atoms. The Bertz CT molecular complexity index is 271. The number of benzene rings is 1. The van der Waals surface area contributed by atoms with Crippen molar-refractivity contribution >= 4 is 15.9 Å². The Kier molecular flexibility index (Phi) is 3.29. The second kappa shape index (κ2) is 4.06. The van der Waals surface area contributed by atoms with Crippen LogP contribution in [0.1, 0.15) is 24.1 Å². The van der Waals surface area contributed by atoms with Gasteiger partial charge in [-0.15, -0.1) is 0 Å². The van der Waals surface area contributed by atoms with Gasteiger partial charge in [0.2, 0.25) is 0 Å². The molecule has 1 rings (SSSR count). The van der Waals surface area contributed by atoms with Gasteiger partial charge in [-0.2, -0.15) is 0 Å². The third-order valence-corrected chi connectivity index (χ3v) is 2.63. The molecule has 0 amide bonds. The molecule has 0 aliphatic rings. The van der Waals surface area contributed by atoms with Crippen molar-refractivity contribution in [2.45, 2.75) is 19.9 Å². The van der Waals surface area contributed by atoms with E-state index in [-0.39, 0.29) is 0 Å². The minimum Gasteiger partial charge on any atom is -0.313 e. The SMILES string of the molecule is CN[C@H](C)c1cc(Br)ccc1C. The fourth-order valence-electron chi connectivity index (χ4n) is 1.23. The molecule has 0 saturated heterocycles. The van der Waals surface area contributed by atoms with E-state index in [0.717, 1.165) is 4.47 Å². The average molecular weight is 228 g/mol. The van der Waals surface area contributed by atoms with Gasteiger partial charge in [0.1, 0.15) is 0 Å². The molecule has 1 N–H and O–H groups in total. The second-order valence-electron chi connectivity index (χ2n) is 3.01. The summed E-state index contributed by atoms with van der Waals surface area (Å²) in [5.41, 5.74) is 2.69. The number of halogens is 1. The van der Waals surface area contributed by atoms with Crippen LogP contribution in [-0.4, -0.2) is 7.05 Å². The summed E-state index contributed by atoms with van der Waals surface area (Å²) in [5, 5.41) is 3.23. The van der Waals surface area contributed by atoms with Gasteiger partial charge in [-0.05, 0) is 44.2 Å². The van der Waals surface area contributed by atoms with Crippen molar-refractivity contribution in [3.8, 4) is 0 Å². The Hall–Kier alpha value is -0.340. The van der Waals surface area contributed by atoms with Crippen molar-refractivity contribution in [3.63, 3.8) is 0 Å². The first-order chi connectivity index (χ1) is 5.65. The summed E-state index contributed by atoms with van der Waals surface area (Å²) >= 11 is 3.47. The van der Waals surface area contributed by atoms with E-state index in [0.29, 0.717) is 6.04 Å². The molecule has 0 radical (unpaired) electrons. The van der Waals surface area contributed by atoms with Gasteiger partial charge in [0.15, 0.2) is 0 Å². The van der Waals surface area contributed by atoms with Gasteiger partial charge in [-0.1, -0.05) is 22.0 Å². The Morgan fingerprint density at radius 3 is 2.67 bits per heavy atom. The molecular formula is C10H14BrN. The first-order valence-corrected chi connectivity index (χ1v) is 4.87. The van der Waals surface area contributed by atoms with Gasteiger partial charge in [0, 0.05) is 10.5 Å². The summed E-state index contributed by atoms with van der Waals surface area (Å²) in [4.78, 5) is 0. The standard InChI is InChI=1S/C10H14BrN/c1-7-4-5-9(11)6-10(7)8(2)12-3/h4-6,8,12H,1-3H3/t8-/m1/s1. The summed E-state index contributed by atoms with van der Waals surface area (Å²) in [5.74, 6) is 0. The van der Waals surface area contributed by atoms with Gasteiger partial charge < -0.3 is 5.32 Å². The van der Waals surface area contributed by atoms with Crippen molar-refractivity contribution in [1.82, 2.24) is 5.32 Å². The quantitative estimate of drug-likeness (QED) is 0.820. The number of hydrogen-bond donors (Lipinski definition) is 1. The lowest BCUT2D eigenvalue weighted by Gasteiger charge is -2.13. The van der Waals surface area contributed by atoms with Crippen LogP contribution in [-0.2, 0) is 0 Å². The van der Waals surface area contributed by atoms with Crippen LogP contribution < -0.4 is 5.32 Å². The fourth-order valence-corrected chi connectivity index (χ4v) is 1.61. The molecule has 1 aromatic carbocycles. The number of nitrogens with one attached hydrogen (secondary N) is 1. The third-order valence-electron chi connectivity index (χ3n) is 2.14. The van der Waals surface area contributed by atoms with E-state index in [1.54, 1.807) is 0 Å². The van der Waals surface area contributed by atoms with Crippen LogP contribution in [0.3, 0.4) is 0 Å². The maximum Gasteiger partial charge on any atom is 0.0292 e. The van der Waals surface area contributed by atoms with Crippen LogP contribution in [0.25, 0.3) is 0 Å². The predicted molar refractivity (Wildman–Crippen MR) is 56.4 cm³/mol. The summed E-state index contributed by atoms with van der Waals surface area (Å²) in [6, 6.07) is 6.79. The maximum absolute atomic E-state index is 3.47. The molecule has 1 nitrogen and oxygen atoms in total. The summed E-state index contributed by atoms with van der Waals surface area (Å²) in [6.07, 6.45) is 0. The predicted octanol–water partition coefficient (Wildman–Crippen LogP) is 3.04. The molecular weight excluding hydrogens is 214 g/mol. The number of hydrogen-bond acceptors (Lipinski definition) is 1. The van der Waals surface area contributed by atoms with Crippen molar-refractivity contribution < 1.29 is 0 Å². The van der Waals surface area contributed by atoms with Crippen molar-refractivity contribution in [2.75, 3.05) is 7.05 Å². The van der Waals surface area contributed by atoms with Crippen LogP contribution in [0.4, 0.5) is 0 Å². The first kappa shape index (κ1) is 9.75. The Morgan fingerprint density at radius 2 is 2.08 bits per heavy atom. The van der Waals surface area contributed by atoms with E-state index in [1.807, 2.05) is 7.05 Å². The van der Waals surface area contributed by atoms with E-state index >= 15 is 0 Å². The minimum atomic E-state index is 0.419. The molecule has 0 aromatic heterocycles. The normalized spacial score (nSPS) is 13.0. The molecule has 2 heteroatoms. The van der Waals surface area contributed by atoms with Crippen molar-refractivity contribution in [2.24, 2.45) is 0 Å². The molecule has 0 fully saturated rings. The number of rotatable bonds is 2. The molecule has 0 saturated carbocycles. The Labute approximate surface area is 82.3 Å².